The van der Waals surface area contributed by atoms with Crippen LogP contribution in [0.3, 0.4) is 0 Å². The lowest BCUT2D eigenvalue weighted by atomic mass is 9.81. The molecule has 0 bridgehead atoms. The van der Waals surface area contributed by atoms with Gasteiger partial charge in [-0.15, -0.1) is 0 Å². The first-order chi connectivity index (χ1) is 12.3. The Kier molecular flexibility index (Phi) is 6.10. The van der Waals surface area contributed by atoms with Crippen molar-refractivity contribution in [3.8, 4) is 5.75 Å². The maximum Gasteiger partial charge on any atom is 0.305 e. The Bertz CT molecular complexity index is 663. The summed E-state index contributed by atoms with van der Waals surface area (Å²) in [5.74, 6) is 1.07. The van der Waals surface area contributed by atoms with Crippen LogP contribution in [0.5, 0.6) is 5.75 Å². The van der Waals surface area contributed by atoms with E-state index in [1.165, 1.54) is 12.0 Å². The number of esters is 1. The van der Waals surface area contributed by atoms with E-state index in [1.54, 1.807) is 0 Å². The molecule has 25 heavy (non-hydrogen) atoms. The molecule has 132 valence electrons. The van der Waals surface area contributed by atoms with Crippen molar-refractivity contribution >= 4 is 5.97 Å². The highest BCUT2D eigenvalue weighted by atomic mass is 16.5. The summed E-state index contributed by atoms with van der Waals surface area (Å²) in [5.41, 5.74) is 2.39. The molecule has 0 saturated heterocycles. The van der Waals surface area contributed by atoms with Gasteiger partial charge in [0, 0.05) is 12.3 Å². The van der Waals surface area contributed by atoms with E-state index in [1.807, 2.05) is 37.3 Å². The van der Waals surface area contributed by atoms with E-state index in [-0.39, 0.29) is 12.1 Å². The lowest BCUT2D eigenvalue weighted by molar-refractivity contribution is -0.151. The minimum atomic E-state index is -0.0975. The maximum absolute atomic E-state index is 11.7. The van der Waals surface area contributed by atoms with E-state index in [0.717, 1.165) is 30.6 Å². The summed E-state index contributed by atoms with van der Waals surface area (Å²) in [7, 11) is 0. The van der Waals surface area contributed by atoms with Crippen molar-refractivity contribution < 1.29 is 14.3 Å². The van der Waals surface area contributed by atoms with Gasteiger partial charge in [0.05, 0.1) is 0 Å². The maximum atomic E-state index is 11.7. The topological polar surface area (TPSA) is 35.5 Å². The summed E-state index contributed by atoms with van der Waals surface area (Å²) < 4.78 is 11.5. The van der Waals surface area contributed by atoms with Crippen LogP contribution in [0.4, 0.5) is 0 Å². The molecule has 0 amide bonds. The van der Waals surface area contributed by atoms with Crippen LogP contribution in [0.15, 0.2) is 54.6 Å². The van der Waals surface area contributed by atoms with E-state index in [2.05, 4.69) is 24.3 Å². The Balaban J connectivity index is 1.62. The normalized spacial score (nSPS) is 20.0. The molecule has 3 nitrogen and oxygen atoms in total. The monoisotopic (exact) mass is 338 g/mol. The zero-order chi connectivity index (χ0) is 17.5. The second-order valence-corrected chi connectivity index (χ2v) is 6.62. The van der Waals surface area contributed by atoms with E-state index in [0.29, 0.717) is 18.9 Å². The fraction of sp³-hybridized carbons (Fsp3) is 0.409. The third kappa shape index (κ3) is 4.85. The van der Waals surface area contributed by atoms with Crippen molar-refractivity contribution in [2.24, 2.45) is 0 Å². The second kappa shape index (κ2) is 8.70. The van der Waals surface area contributed by atoms with Crippen LogP contribution in [0, 0.1) is 0 Å². The number of rotatable bonds is 6. The number of benzene rings is 2. The summed E-state index contributed by atoms with van der Waals surface area (Å²) in [5, 5.41) is 0. The van der Waals surface area contributed by atoms with Crippen molar-refractivity contribution in [3.05, 3.63) is 65.7 Å². The number of carbonyl (C=O) groups excluding carboxylic acids is 1. The summed E-state index contributed by atoms with van der Waals surface area (Å²) in [6, 6.07) is 18.4. The molecule has 0 radical (unpaired) electrons. The van der Waals surface area contributed by atoms with Crippen molar-refractivity contribution in [1.82, 2.24) is 0 Å². The number of ether oxygens (including phenoxy) is 2. The average Bonchev–Trinajstić information content (AvgIpc) is 2.68. The van der Waals surface area contributed by atoms with Gasteiger partial charge in [0.2, 0.25) is 0 Å². The van der Waals surface area contributed by atoms with E-state index < -0.39 is 0 Å². The summed E-state index contributed by atoms with van der Waals surface area (Å²) in [4.78, 5) is 11.7. The zero-order valence-corrected chi connectivity index (χ0v) is 14.8. The standard InChI is InChI=1S/C22H26O3/c1-2-22(23)25-21-11-7-6-10-20(21)18-12-14-19(15-13-18)24-16-17-8-4-3-5-9-17/h3-5,8-9,12-15,20-21H,2,6-7,10-11,16H2,1H3/t20-,21+/m0/s1. The Morgan fingerprint density at radius 1 is 1.00 bits per heavy atom. The molecule has 0 N–H and O–H groups in total. The molecule has 2 aromatic carbocycles. The summed E-state index contributed by atoms with van der Waals surface area (Å²) in [6.07, 6.45) is 4.81. The highest BCUT2D eigenvalue weighted by Crippen LogP contribution is 2.36. The van der Waals surface area contributed by atoms with Crippen molar-refractivity contribution in [2.75, 3.05) is 0 Å². The lowest BCUT2D eigenvalue weighted by Crippen LogP contribution is -2.28. The van der Waals surface area contributed by atoms with E-state index >= 15 is 0 Å². The molecule has 2 aromatic rings. The third-order valence-corrected chi connectivity index (χ3v) is 4.83. The van der Waals surface area contributed by atoms with Crippen LogP contribution in [0.2, 0.25) is 0 Å². The summed E-state index contributed by atoms with van der Waals surface area (Å²) in [6.45, 7) is 2.42. The molecule has 0 aromatic heterocycles. The fourth-order valence-corrected chi connectivity index (χ4v) is 3.42. The molecule has 3 rings (SSSR count). The van der Waals surface area contributed by atoms with Crippen LogP contribution in [0.25, 0.3) is 0 Å². The zero-order valence-electron chi connectivity index (χ0n) is 14.8. The van der Waals surface area contributed by atoms with Crippen LogP contribution >= 0.6 is 0 Å². The predicted octanol–water partition coefficient (Wildman–Crippen LogP) is 5.25. The quantitative estimate of drug-likeness (QED) is 0.675. The Labute approximate surface area is 150 Å². The molecule has 0 heterocycles. The highest BCUT2D eigenvalue weighted by molar-refractivity contribution is 5.69. The predicted molar refractivity (Wildman–Crippen MR) is 98.6 cm³/mol. The molecular formula is C22H26O3. The van der Waals surface area contributed by atoms with Gasteiger partial charge in [0.15, 0.2) is 0 Å². The van der Waals surface area contributed by atoms with Crippen molar-refractivity contribution in [1.29, 1.82) is 0 Å². The lowest BCUT2D eigenvalue weighted by Gasteiger charge is -2.31. The molecule has 0 aliphatic heterocycles. The summed E-state index contributed by atoms with van der Waals surface area (Å²) >= 11 is 0. The van der Waals surface area contributed by atoms with Gasteiger partial charge in [-0.3, -0.25) is 4.79 Å². The third-order valence-electron chi connectivity index (χ3n) is 4.83. The molecule has 2 atom stereocenters. The van der Waals surface area contributed by atoms with Gasteiger partial charge in [0.1, 0.15) is 18.5 Å². The van der Waals surface area contributed by atoms with E-state index in [4.69, 9.17) is 9.47 Å². The first-order valence-electron chi connectivity index (χ1n) is 9.22. The Hall–Kier alpha value is -2.29. The fourth-order valence-electron chi connectivity index (χ4n) is 3.42. The van der Waals surface area contributed by atoms with Gasteiger partial charge >= 0.3 is 5.97 Å². The average molecular weight is 338 g/mol. The van der Waals surface area contributed by atoms with Gasteiger partial charge in [-0.2, -0.15) is 0 Å². The van der Waals surface area contributed by atoms with Gasteiger partial charge in [-0.1, -0.05) is 55.8 Å². The Morgan fingerprint density at radius 3 is 2.44 bits per heavy atom. The minimum absolute atomic E-state index is 0.0114. The van der Waals surface area contributed by atoms with Crippen molar-refractivity contribution in [3.63, 3.8) is 0 Å². The largest absolute Gasteiger partial charge is 0.489 e. The van der Waals surface area contributed by atoms with Gasteiger partial charge < -0.3 is 9.47 Å². The SMILES string of the molecule is CCC(=O)O[C@@H]1CCCC[C@H]1c1ccc(OCc2ccccc2)cc1. The molecule has 1 fully saturated rings. The first kappa shape index (κ1) is 17.5. The van der Waals surface area contributed by atoms with Crippen LogP contribution < -0.4 is 4.74 Å². The second-order valence-electron chi connectivity index (χ2n) is 6.62. The molecule has 0 spiro atoms. The molecular weight excluding hydrogens is 312 g/mol. The van der Waals surface area contributed by atoms with Gasteiger partial charge in [-0.05, 0) is 42.5 Å². The molecule has 1 aliphatic carbocycles. The van der Waals surface area contributed by atoms with Crippen LogP contribution in [0.1, 0.15) is 56.1 Å². The number of hydrogen-bond donors (Lipinski definition) is 0. The first-order valence-corrected chi connectivity index (χ1v) is 9.22. The molecule has 0 unspecified atom stereocenters. The molecule has 1 saturated carbocycles. The molecule has 1 aliphatic rings. The van der Waals surface area contributed by atoms with E-state index in [9.17, 15) is 4.79 Å². The van der Waals surface area contributed by atoms with Crippen LogP contribution in [-0.4, -0.2) is 12.1 Å². The number of carbonyl (C=O) groups is 1. The van der Waals surface area contributed by atoms with Crippen LogP contribution in [-0.2, 0) is 16.1 Å². The molecule has 3 heteroatoms. The smallest absolute Gasteiger partial charge is 0.305 e. The Morgan fingerprint density at radius 2 is 1.72 bits per heavy atom. The van der Waals surface area contributed by atoms with Gasteiger partial charge in [-0.25, -0.2) is 0 Å². The number of hydrogen-bond acceptors (Lipinski definition) is 3. The highest BCUT2D eigenvalue weighted by Gasteiger charge is 2.29. The van der Waals surface area contributed by atoms with Gasteiger partial charge in [0.25, 0.3) is 0 Å². The van der Waals surface area contributed by atoms with Crippen molar-refractivity contribution in [2.45, 2.75) is 57.7 Å². The minimum Gasteiger partial charge on any atom is -0.489 e.